The smallest absolute Gasteiger partial charge is 0.0515 e. The van der Waals surface area contributed by atoms with Gasteiger partial charge in [-0.05, 0) is 32.9 Å². The monoisotopic (exact) mass is 131 g/mol. The summed E-state index contributed by atoms with van der Waals surface area (Å²) in [6.45, 7) is 4.94. The zero-order valence-corrected chi connectivity index (χ0v) is 6.52. The van der Waals surface area contributed by atoms with Crippen LogP contribution in [-0.2, 0) is 0 Å². The van der Waals surface area contributed by atoms with E-state index in [1.807, 2.05) is 14.0 Å². The number of nitrogens with one attached hydrogen (secondary N) is 1. The van der Waals surface area contributed by atoms with Crippen LogP contribution in [0.4, 0.5) is 0 Å². The Labute approximate surface area is 57.3 Å². The zero-order valence-electron chi connectivity index (χ0n) is 6.52. The van der Waals surface area contributed by atoms with Crippen LogP contribution in [0.1, 0.15) is 20.3 Å². The number of hydrogen-bond acceptors (Lipinski definition) is 2. The van der Waals surface area contributed by atoms with Gasteiger partial charge in [0.2, 0.25) is 0 Å². The van der Waals surface area contributed by atoms with Gasteiger partial charge in [-0.1, -0.05) is 6.92 Å². The summed E-state index contributed by atoms with van der Waals surface area (Å²) in [4.78, 5) is 0. The van der Waals surface area contributed by atoms with Gasteiger partial charge in [-0.2, -0.15) is 0 Å². The predicted molar refractivity (Wildman–Crippen MR) is 39.4 cm³/mol. The van der Waals surface area contributed by atoms with Crippen LogP contribution in [0.25, 0.3) is 0 Å². The van der Waals surface area contributed by atoms with Crippen molar-refractivity contribution in [2.45, 2.75) is 26.4 Å². The second kappa shape index (κ2) is 4.77. The summed E-state index contributed by atoms with van der Waals surface area (Å²) in [5.74, 6) is 0.579. The van der Waals surface area contributed by atoms with Crippen molar-refractivity contribution in [1.29, 1.82) is 0 Å². The van der Waals surface area contributed by atoms with Crippen molar-refractivity contribution in [2.75, 3.05) is 13.6 Å². The third kappa shape index (κ3) is 5.80. The molecule has 0 fully saturated rings. The first-order chi connectivity index (χ1) is 4.16. The number of hydrogen-bond donors (Lipinski definition) is 2. The number of aliphatic hydroxyl groups excluding tert-OH is 1. The first kappa shape index (κ1) is 8.92. The van der Waals surface area contributed by atoms with Crippen molar-refractivity contribution >= 4 is 0 Å². The second-order valence-corrected chi connectivity index (χ2v) is 2.75. The van der Waals surface area contributed by atoms with Crippen molar-refractivity contribution in [3.63, 3.8) is 0 Å². The van der Waals surface area contributed by atoms with Gasteiger partial charge in [0.15, 0.2) is 0 Å². The molecule has 0 aromatic heterocycles. The molecular formula is C7H17NO. The van der Waals surface area contributed by atoms with Crippen LogP contribution in [0.15, 0.2) is 0 Å². The Hall–Kier alpha value is -0.0800. The van der Waals surface area contributed by atoms with Gasteiger partial charge in [-0.25, -0.2) is 0 Å². The Balaban J connectivity index is 3.15. The summed E-state index contributed by atoms with van der Waals surface area (Å²) >= 11 is 0. The van der Waals surface area contributed by atoms with Gasteiger partial charge in [0.25, 0.3) is 0 Å². The molecule has 0 aliphatic rings. The van der Waals surface area contributed by atoms with Crippen molar-refractivity contribution in [1.82, 2.24) is 5.32 Å². The van der Waals surface area contributed by atoms with E-state index in [1.165, 1.54) is 0 Å². The van der Waals surface area contributed by atoms with Gasteiger partial charge in [-0.15, -0.1) is 0 Å². The zero-order chi connectivity index (χ0) is 7.28. The van der Waals surface area contributed by atoms with Crippen LogP contribution >= 0.6 is 0 Å². The number of aliphatic hydroxyl groups is 1. The maximum atomic E-state index is 8.92. The Morgan fingerprint density at radius 1 is 1.44 bits per heavy atom. The maximum Gasteiger partial charge on any atom is 0.0515 e. The van der Waals surface area contributed by atoms with E-state index in [0.717, 1.165) is 13.0 Å². The van der Waals surface area contributed by atoms with Crippen molar-refractivity contribution in [3.05, 3.63) is 0 Å². The molecule has 0 aromatic rings. The molecule has 2 heteroatoms. The molecule has 0 aliphatic carbocycles. The standard InChI is InChI=1S/C7H17NO/c1-6(5-8-3)4-7(2)9/h6-9H,4-5H2,1-3H3/t6-,7-/m0/s1. The Kier molecular flexibility index (Phi) is 4.72. The van der Waals surface area contributed by atoms with Gasteiger partial charge < -0.3 is 10.4 Å². The predicted octanol–water partition coefficient (Wildman–Crippen LogP) is 0.613. The fraction of sp³-hybridized carbons (Fsp3) is 1.00. The lowest BCUT2D eigenvalue weighted by atomic mass is 10.1. The van der Waals surface area contributed by atoms with Crippen molar-refractivity contribution in [3.8, 4) is 0 Å². The molecule has 0 rings (SSSR count). The van der Waals surface area contributed by atoms with E-state index in [2.05, 4.69) is 12.2 Å². The van der Waals surface area contributed by atoms with Gasteiger partial charge in [0.05, 0.1) is 6.10 Å². The topological polar surface area (TPSA) is 32.3 Å². The Bertz CT molecular complexity index is 63.9. The summed E-state index contributed by atoms with van der Waals surface area (Å²) in [6.07, 6.45) is 0.731. The van der Waals surface area contributed by atoms with E-state index in [9.17, 15) is 0 Å². The van der Waals surface area contributed by atoms with Crippen LogP contribution in [-0.4, -0.2) is 24.8 Å². The minimum Gasteiger partial charge on any atom is -0.393 e. The quantitative estimate of drug-likeness (QED) is 0.586. The Morgan fingerprint density at radius 2 is 2.00 bits per heavy atom. The molecule has 0 amide bonds. The lowest BCUT2D eigenvalue weighted by Crippen LogP contribution is -2.19. The summed E-state index contributed by atoms with van der Waals surface area (Å²) in [6, 6.07) is 0. The normalized spacial score (nSPS) is 17.3. The molecular weight excluding hydrogens is 114 g/mol. The minimum absolute atomic E-state index is 0.159. The Morgan fingerprint density at radius 3 is 2.33 bits per heavy atom. The van der Waals surface area contributed by atoms with E-state index in [-0.39, 0.29) is 6.10 Å². The highest BCUT2D eigenvalue weighted by Gasteiger charge is 2.03. The fourth-order valence-electron chi connectivity index (χ4n) is 1.01. The molecule has 2 N–H and O–H groups in total. The highest BCUT2D eigenvalue weighted by Crippen LogP contribution is 2.02. The van der Waals surface area contributed by atoms with E-state index in [1.54, 1.807) is 0 Å². The van der Waals surface area contributed by atoms with Crippen molar-refractivity contribution < 1.29 is 5.11 Å². The largest absolute Gasteiger partial charge is 0.393 e. The third-order valence-corrected chi connectivity index (χ3v) is 1.30. The molecule has 0 saturated heterocycles. The summed E-state index contributed by atoms with van der Waals surface area (Å²) < 4.78 is 0. The molecule has 0 saturated carbocycles. The van der Waals surface area contributed by atoms with Crippen LogP contribution in [0, 0.1) is 5.92 Å². The van der Waals surface area contributed by atoms with E-state index in [4.69, 9.17) is 5.11 Å². The first-order valence-corrected chi connectivity index (χ1v) is 3.49. The minimum atomic E-state index is -0.159. The second-order valence-electron chi connectivity index (χ2n) is 2.75. The average Bonchev–Trinajstić information content (AvgIpc) is 1.63. The molecule has 0 radical (unpaired) electrons. The molecule has 0 bridgehead atoms. The van der Waals surface area contributed by atoms with E-state index >= 15 is 0 Å². The molecule has 0 heterocycles. The molecule has 2 atom stereocenters. The highest BCUT2D eigenvalue weighted by atomic mass is 16.3. The molecule has 0 aliphatic heterocycles. The SMILES string of the molecule is CNC[C@@H](C)C[C@H](C)O. The van der Waals surface area contributed by atoms with Crippen molar-refractivity contribution in [2.24, 2.45) is 5.92 Å². The van der Waals surface area contributed by atoms with E-state index in [0.29, 0.717) is 5.92 Å². The van der Waals surface area contributed by atoms with Crippen LogP contribution in [0.2, 0.25) is 0 Å². The lowest BCUT2D eigenvalue weighted by Gasteiger charge is -2.11. The first-order valence-electron chi connectivity index (χ1n) is 3.49. The third-order valence-electron chi connectivity index (χ3n) is 1.30. The summed E-state index contributed by atoms with van der Waals surface area (Å²) in [5, 5.41) is 12.0. The lowest BCUT2D eigenvalue weighted by molar-refractivity contribution is 0.164. The summed E-state index contributed by atoms with van der Waals surface area (Å²) in [7, 11) is 1.93. The maximum absolute atomic E-state index is 8.92. The van der Waals surface area contributed by atoms with Gasteiger partial charge in [-0.3, -0.25) is 0 Å². The number of rotatable bonds is 4. The molecule has 56 valence electrons. The van der Waals surface area contributed by atoms with Crippen LogP contribution in [0.5, 0.6) is 0 Å². The molecule has 2 nitrogen and oxygen atoms in total. The van der Waals surface area contributed by atoms with Crippen LogP contribution in [0.3, 0.4) is 0 Å². The molecule has 0 spiro atoms. The average molecular weight is 131 g/mol. The van der Waals surface area contributed by atoms with Crippen LogP contribution < -0.4 is 5.32 Å². The van der Waals surface area contributed by atoms with Gasteiger partial charge in [0.1, 0.15) is 0 Å². The fourth-order valence-corrected chi connectivity index (χ4v) is 1.01. The molecule has 9 heavy (non-hydrogen) atoms. The summed E-state index contributed by atoms with van der Waals surface area (Å²) in [5.41, 5.74) is 0. The van der Waals surface area contributed by atoms with Gasteiger partial charge >= 0.3 is 0 Å². The van der Waals surface area contributed by atoms with Gasteiger partial charge in [0, 0.05) is 0 Å². The molecule has 0 aromatic carbocycles. The van der Waals surface area contributed by atoms with E-state index < -0.39 is 0 Å². The highest BCUT2D eigenvalue weighted by molar-refractivity contribution is 4.57. The molecule has 0 unspecified atom stereocenters.